The smallest absolute Gasteiger partial charge is 0.342 e. The van der Waals surface area contributed by atoms with Crippen LogP contribution in [0.25, 0.3) is 0 Å². The van der Waals surface area contributed by atoms with Gasteiger partial charge in [-0.3, -0.25) is 9.52 Å². The Balaban J connectivity index is 2.08. The number of phenolic OH excluding ortho intramolecular Hbond substituents is 1. The average molecular weight is 398 g/mol. The average Bonchev–Trinajstić information content (AvgIpc) is 2.53. The molecule has 0 bridgehead atoms. The topological polar surface area (TPSA) is 110 Å². The van der Waals surface area contributed by atoms with Crippen LogP contribution in [0.3, 0.4) is 0 Å². The number of aromatic hydroxyl groups is 1. The molecule has 2 aromatic carbocycles. The predicted molar refractivity (Wildman–Crippen MR) is 97.2 cm³/mol. The number of ether oxygens (including phenoxy) is 1. The van der Waals surface area contributed by atoms with Crippen LogP contribution in [-0.2, 0) is 14.8 Å². The molecule has 0 fully saturated rings. The summed E-state index contributed by atoms with van der Waals surface area (Å²) in [6.45, 7) is 1.40. The molecule has 9 heteroatoms. The molecule has 2 rings (SSSR count). The van der Waals surface area contributed by atoms with Gasteiger partial charge in [0, 0.05) is 16.3 Å². The maximum atomic E-state index is 12.3. The lowest BCUT2D eigenvalue weighted by Gasteiger charge is -2.13. The molecule has 7 nitrogen and oxygen atoms in total. The number of hydrogen-bond donors (Lipinski definition) is 2. The number of carbonyl (C=O) groups excluding carboxylic acids is 2. The highest BCUT2D eigenvalue weighted by atomic mass is 35.5. The summed E-state index contributed by atoms with van der Waals surface area (Å²) >= 11 is 5.70. The fourth-order valence-corrected chi connectivity index (χ4v) is 2.84. The number of rotatable bonds is 6. The van der Waals surface area contributed by atoms with Gasteiger partial charge >= 0.3 is 5.97 Å². The van der Waals surface area contributed by atoms with Crippen LogP contribution in [0.5, 0.6) is 5.75 Å². The second kappa shape index (κ2) is 7.76. The molecule has 0 spiro atoms. The van der Waals surface area contributed by atoms with Crippen LogP contribution < -0.4 is 4.72 Å². The predicted octanol–water partition coefficient (Wildman–Crippen LogP) is 2.85. The molecule has 0 unspecified atom stereocenters. The van der Waals surface area contributed by atoms with Gasteiger partial charge < -0.3 is 9.84 Å². The molecule has 0 saturated carbocycles. The summed E-state index contributed by atoms with van der Waals surface area (Å²) in [6.07, 6.45) is -0.0916. The molecule has 2 N–H and O–H groups in total. The van der Waals surface area contributed by atoms with E-state index in [9.17, 15) is 23.1 Å². The zero-order valence-electron chi connectivity index (χ0n) is 13.9. The van der Waals surface area contributed by atoms with Crippen molar-refractivity contribution in [3.8, 4) is 5.75 Å². The van der Waals surface area contributed by atoms with Crippen molar-refractivity contribution in [1.82, 2.24) is 0 Å². The number of halogens is 1. The first-order chi connectivity index (χ1) is 12.1. The number of ketones is 1. The maximum absolute atomic E-state index is 12.3. The fraction of sp³-hybridized carbons (Fsp3) is 0.176. The molecule has 0 aliphatic heterocycles. The van der Waals surface area contributed by atoms with Gasteiger partial charge in [-0.25, -0.2) is 13.2 Å². The minimum absolute atomic E-state index is 0.109. The monoisotopic (exact) mass is 397 g/mol. The first kappa shape index (κ1) is 19.7. The summed E-state index contributed by atoms with van der Waals surface area (Å²) < 4.78 is 29.7. The van der Waals surface area contributed by atoms with Gasteiger partial charge in [-0.1, -0.05) is 11.6 Å². The highest BCUT2D eigenvalue weighted by Crippen LogP contribution is 2.23. The van der Waals surface area contributed by atoms with Crippen molar-refractivity contribution >= 4 is 39.1 Å². The Kier molecular flexibility index (Phi) is 5.89. The van der Waals surface area contributed by atoms with Crippen molar-refractivity contribution in [3.63, 3.8) is 0 Å². The quantitative estimate of drug-likeness (QED) is 0.573. The molecule has 0 amide bonds. The van der Waals surface area contributed by atoms with Crippen LogP contribution in [0, 0.1) is 0 Å². The summed E-state index contributed by atoms with van der Waals surface area (Å²) in [7, 11) is -3.42. The highest BCUT2D eigenvalue weighted by Gasteiger charge is 2.22. The summed E-state index contributed by atoms with van der Waals surface area (Å²) in [5.74, 6) is -1.69. The van der Waals surface area contributed by atoms with Crippen molar-refractivity contribution in [2.75, 3.05) is 11.0 Å². The number of Topliss-reactive ketones (excluding diaryl/α,β-unsaturated/α-hetero) is 1. The van der Waals surface area contributed by atoms with Gasteiger partial charge in [-0.05, 0) is 49.4 Å². The largest absolute Gasteiger partial charge is 0.507 e. The van der Waals surface area contributed by atoms with E-state index in [4.69, 9.17) is 16.3 Å². The molecular formula is C17H16ClNO6S. The number of sulfonamides is 1. The molecule has 0 aliphatic rings. The molecule has 0 aromatic heterocycles. The molecule has 26 heavy (non-hydrogen) atoms. The Labute approximate surface area is 155 Å². The van der Waals surface area contributed by atoms with Gasteiger partial charge in [0.1, 0.15) is 11.3 Å². The number of carbonyl (C=O) groups is 2. The second-order valence-electron chi connectivity index (χ2n) is 5.52. The third-order valence-electron chi connectivity index (χ3n) is 3.31. The SMILES string of the molecule is C[C@@H](OC(=O)c1ccc(Cl)cc1O)C(=O)c1ccc(NS(C)(=O)=O)cc1. The number of hydrogen-bond acceptors (Lipinski definition) is 6. The zero-order chi connectivity index (χ0) is 19.5. The molecule has 0 heterocycles. The minimum atomic E-state index is -3.42. The Morgan fingerprint density at radius 1 is 1.15 bits per heavy atom. The summed E-state index contributed by atoms with van der Waals surface area (Å²) in [5.41, 5.74) is 0.436. The van der Waals surface area contributed by atoms with Crippen molar-refractivity contribution in [1.29, 1.82) is 0 Å². The van der Waals surface area contributed by atoms with Crippen LogP contribution in [0.1, 0.15) is 27.6 Å². The van der Waals surface area contributed by atoms with Crippen LogP contribution >= 0.6 is 11.6 Å². The molecule has 2 aromatic rings. The van der Waals surface area contributed by atoms with E-state index < -0.39 is 27.9 Å². The standard InChI is InChI=1S/C17H16ClNO6S/c1-10(25-17(22)14-8-5-12(18)9-15(14)20)16(21)11-3-6-13(7-4-11)19-26(2,23)24/h3-10,19-20H,1-2H3/t10-/m1/s1. The van der Waals surface area contributed by atoms with Crippen molar-refractivity contribution in [3.05, 3.63) is 58.6 Å². The van der Waals surface area contributed by atoms with Crippen molar-refractivity contribution < 1.29 is 27.9 Å². The normalized spacial score (nSPS) is 12.3. The van der Waals surface area contributed by atoms with E-state index in [1.165, 1.54) is 49.4 Å². The van der Waals surface area contributed by atoms with Gasteiger partial charge in [0.15, 0.2) is 6.10 Å². The lowest BCUT2D eigenvalue weighted by molar-refractivity contribution is 0.0316. The number of benzene rings is 2. The lowest BCUT2D eigenvalue weighted by atomic mass is 10.1. The summed E-state index contributed by atoms with van der Waals surface area (Å²) in [5, 5.41) is 9.98. The van der Waals surface area contributed by atoms with Gasteiger partial charge in [0.2, 0.25) is 15.8 Å². The van der Waals surface area contributed by atoms with Gasteiger partial charge in [-0.15, -0.1) is 0 Å². The molecule has 138 valence electrons. The molecular weight excluding hydrogens is 382 g/mol. The van der Waals surface area contributed by atoms with Gasteiger partial charge in [-0.2, -0.15) is 0 Å². The van der Waals surface area contributed by atoms with E-state index in [2.05, 4.69) is 4.72 Å². The van der Waals surface area contributed by atoms with E-state index in [-0.39, 0.29) is 21.9 Å². The number of nitrogens with one attached hydrogen (secondary N) is 1. The second-order valence-corrected chi connectivity index (χ2v) is 7.71. The zero-order valence-corrected chi connectivity index (χ0v) is 15.5. The third-order valence-corrected chi connectivity index (χ3v) is 4.15. The van der Waals surface area contributed by atoms with E-state index in [1.54, 1.807) is 0 Å². The van der Waals surface area contributed by atoms with E-state index in [0.29, 0.717) is 5.69 Å². The highest BCUT2D eigenvalue weighted by molar-refractivity contribution is 7.92. The lowest BCUT2D eigenvalue weighted by Crippen LogP contribution is -2.24. The number of esters is 1. The van der Waals surface area contributed by atoms with E-state index >= 15 is 0 Å². The molecule has 0 saturated heterocycles. The first-order valence-electron chi connectivity index (χ1n) is 7.38. The fourth-order valence-electron chi connectivity index (χ4n) is 2.11. The molecule has 0 aliphatic carbocycles. The van der Waals surface area contributed by atoms with Crippen molar-refractivity contribution in [2.24, 2.45) is 0 Å². The maximum Gasteiger partial charge on any atom is 0.342 e. The first-order valence-corrected chi connectivity index (χ1v) is 9.65. The van der Waals surface area contributed by atoms with E-state index in [0.717, 1.165) is 6.26 Å². The van der Waals surface area contributed by atoms with Crippen LogP contribution in [0.2, 0.25) is 5.02 Å². The Morgan fingerprint density at radius 2 is 1.77 bits per heavy atom. The van der Waals surface area contributed by atoms with Crippen molar-refractivity contribution in [2.45, 2.75) is 13.0 Å². The van der Waals surface area contributed by atoms with Gasteiger partial charge in [0.05, 0.1) is 6.26 Å². The van der Waals surface area contributed by atoms with E-state index in [1.807, 2.05) is 0 Å². The minimum Gasteiger partial charge on any atom is -0.507 e. The summed E-state index contributed by atoms with van der Waals surface area (Å²) in [4.78, 5) is 24.4. The van der Waals surface area contributed by atoms with Crippen LogP contribution in [-0.4, -0.2) is 37.6 Å². The molecule has 0 radical (unpaired) electrons. The molecule has 1 atom stereocenters. The third kappa shape index (κ3) is 5.21. The van der Waals surface area contributed by atoms with Gasteiger partial charge in [0.25, 0.3) is 0 Å². The Hall–Kier alpha value is -2.58. The van der Waals surface area contributed by atoms with Crippen LogP contribution in [0.4, 0.5) is 5.69 Å². The van der Waals surface area contributed by atoms with Crippen LogP contribution in [0.15, 0.2) is 42.5 Å². The Bertz CT molecular complexity index is 940. The number of phenols is 1. The summed E-state index contributed by atoms with van der Waals surface area (Å²) in [6, 6.07) is 9.58. The number of anilines is 1. The Morgan fingerprint density at radius 3 is 2.31 bits per heavy atom.